The third kappa shape index (κ3) is 5.20. The molecule has 3 aromatic rings. The van der Waals surface area contributed by atoms with Crippen molar-refractivity contribution in [3.63, 3.8) is 0 Å². The number of primary amides is 1. The van der Waals surface area contributed by atoms with Crippen LogP contribution in [0.2, 0.25) is 5.02 Å². The van der Waals surface area contributed by atoms with Crippen LogP contribution in [-0.4, -0.2) is 21.8 Å². The predicted octanol–water partition coefficient (Wildman–Crippen LogP) is 5.02. The number of amides is 2. The molecule has 1 aromatic carbocycles. The van der Waals surface area contributed by atoms with Crippen LogP contribution in [-0.2, 0) is 5.41 Å². The van der Waals surface area contributed by atoms with Crippen molar-refractivity contribution in [2.45, 2.75) is 33.1 Å². The fraction of sp³-hybridized carbons (Fsp3) is 0.217. The number of benzene rings is 1. The van der Waals surface area contributed by atoms with E-state index in [0.29, 0.717) is 17.1 Å². The summed E-state index contributed by atoms with van der Waals surface area (Å²) in [5, 5.41) is 2.76. The number of anilines is 1. The Bertz CT molecular complexity index is 1210. The van der Waals surface area contributed by atoms with Gasteiger partial charge in [-0.3, -0.25) is 19.6 Å². The molecule has 0 aliphatic rings. The van der Waals surface area contributed by atoms with Crippen molar-refractivity contribution in [3.8, 4) is 11.5 Å². The third-order valence-corrected chi connectivity index (χ3v) is 4.84. The Morgan fingerprint density at radius 2 is 1.84 bits per heavy atom. The third-order valence-electron chi connectivity index (χ3n) is 4.54. The van der Waals surface area contributed by atoms with Crippen LogP contribution in [0.25, 0.3) is 0 Å². The van der Waals surface area contributed by atoms with E-state index in [1.54, 1.807) is 13.0 Å². The Labute approximate surface area is 189 Å². The van der Waals surface area contributed by atoms with Gasteiger partial charge >= 0.3 is 0 Å². The second-order valence-electron chi connectivity index (χ2n) is 8.14. The quantitative estimate of drug-likeness (QED) is 0.560. The van der Waals surface area contributed by atoms with E-state index in [2.05, 4.69) is 15.3 Å². The normalized spacial score (nSPS) is 11.2. The molecular formula is C23H22ClFN4O3. The Morgan fingerprint density at radius 3 is 2.47 bits per heavy atom. The number of nitrogens with zero attached hydrogens (tertiary/aromatic N) is 2. The van der Waals surface area contributed by atoms with Crippen LogP contribution in [0.3, 0.4) is 0 Å². The van der Waals surface area contributed by atoms with Gasteiger partial charge in [-0.2, -0.15) is 0 Å². The fourth-order valence-electron chi connectivity index (χ4n) is 2.90. The average Bonchev–Trinajstić information content (AvgIpc) is 2.69. The summed E-state index contributed by atoms with van der Waals surface area (Å²) < 4.78 is 19.4. The van der Waals surface area contributed by atoms with Crippen molar-refractivity contribution in [1.82, 2.24) is 9.97 Å². The largest absolute Gasteiger partial charge is 0.455 e. The number of pyridine rings is 2. The maximum Gasteiger partial charge on any atom is 0.267 e. The van der Waals surface area contributed by atoms with Crippen molar-refractivity contribution >= 4 is 29.1 Å². The first-order chi connectivity index (χ1) is 15.0. The van der Waals surface area contributed by atoms with E-state index in [9.17, 15) is 14.0 Å². The maximum atomic E-state index is 13.5. The van der Waals surface area contributed by atoms with E-state index in [0.717, 1.165) is 6.07 Å². The lowest BCUT2D eigenvalue weighted by molar-refractivity contribution is 0.0991. The summed E-state index contributed by atoms with van der Waals surface area (Å²) in [6.07, 6.45) is 1.36. The van der Waals surface area contributed by atoms with Gasteiger partial charge in [-0.25, -0.2) is 4.39 Å². The summed E-state index contributed by atoms with van der Waals surface area (Å²) in [5.74, 6) is -1.36. The molecule has 0 unspecified atom stereocenters. The number of ether oxygens (including phenoxy) is 1. The molecule has 9 heteroatoms. The summed E-state index contributed by atoms with van der Waals surface area (Å²) in [5.41, 5.74) is 6.54. The zero-order valence-corrected chi connectivity index (χ0v) is 18.7. The highest BCUT2D eigenvalue weighted by molar-refractivity contribution is 6.32. The molecule has 2 amide bonds. The molecule has 0 spiro atoms. The highest BCUT2D eigenvalue weighted by Crippen LogP contribution is 2.35. The fourth-order valence-corrected chi connectivity index (χ4v) is 3.10. The molecule has 166 valence electrons. The van der Waals surface area contributed by atoms with E-state index >= 15 is 0 Å². The van der Waals surface area contributed by atoms with Gasteiger partial charge in [0, 0.05) is 29.1 Å². The van der Waals surface area contributed by atoms with Gasteiger partial charge < -0.3 is 15.8 Å². The molecule has 0 atom stereocenters. The van der Waals surface area contributed by atoms with Gasteiger partial charge in [0.05, 0.1) is 10.7 Å². The molecule has 0 bridgehead atoms. The number of nitrogens with two attached hydrogens (primary N) is 1. The lowest BCUT2D eigenvalue weighted by atomic mass is 9.90. The van der Waals surface area contributed by atoms with Gasteiger partial charge in [-0.05, 0) is 37.3 Å². The minimum absolute atomic E-state index is 0.00953. The number of aryl methyl sites for hydroxylation is 1. The number of carbonyl (C=O) groups is 2. The monoisotopic (exact) mass is 456 g/mol. The number of aromatic nitrogens is 2. The van der Waals surface area contributed by atoms with E-state index in [-0.39, 0.29) is 33.2 Å². The van der Waals surface area contributed by atoms with Crippen LogP contribution in [0.5, 0.6) is 11.5 Å². The van der Waals surface area contributed by atoms with Crippen LogP contribution in [0.1, 0.15) is 53.0 Å². The van der Waals surface area contributed by atoms with Gasteiger partial charge in [0.25, 0.3) is 11.8 Å². The first kappa shape index (κ1) is 23.1. The van der Waals surface area contributed by atoms with Crippen molar-refractivity contribution in [2.24, 2.45) is 5.73 Å². The molecule has 0 fully saturated rings. The lowest BCUT2D eigenvalue weighted by Gasteiger charge is -2.22. The standard InChI is InChI=1S/C23H22ClFN4O3/c1-12-20(22(31)29-14-7-8-27-16(10-14)21(26)30)18(11-19(28-12)23(2,3)4)32-17-6-5-13(25)9-15(17)24/h5-11H,1-4H3,(H2,26,30)(H,27,29,31). The highest BCUT2D eigenvalue weighted by Gasteiger charge is 2.24. The summed E-state index contributed by atoms with van der Waals surface area (Å²) in [6, 6.07) is 8.26. The molecule has 2 heterocycles. The van der Waals surface area contributed by atoms with Gasteiger partial charge in [0.1, 0.15) is 28.6 Å². The first-order valence-corrected chi connectivity index (χ1v) is 10.1. The van der Waals surface area contributed by atoms with Gasteiger partial charge in [-0.15, -0.1) is 0 Å². The maximum absolute atomic E-state index is 13.5. The lowest BCUT2D eigenvalue weighted by Crippen LogP contribution is -2.20. The molecular weight excluding hydrogens is 435 g/mol. The van der Waals surface area contributed by atoms with Gasteiger partial charge in [0.2, 0.25) is 0 Å². The molecule has 0 aliphatic carbocycles. The smallest absolute Gasteiger partial charge is 0.267 e. The van der Waals surface area contributed by atoms with Crippen LogP contribution in [0.15, 0.2) is 42.6 Å². The molecule has 3 rings (SSSR count). The van der Waals surface area contributed by atoms with E-state index in [1.807, 2.05) is 20.8 Å². The zero-order chi connectivity index (χ0) is 23.6. The number of carbonyl (C=O) groups excluding carboxylic acids is 2. The molecule has 3 N–H and O–H groups in total. The molecule has 0 aliphatic heterocycles. The molecule has 0 saturated heterocycles. The second-order valence-corrected chi connectivity index (χ2v) is 8.55. The van der Waals surface area contributed by atoms with Crippen molar-refractivity contribution in [2.75, 3.05) is 5.32 Å². The Hall–Kier alpha value is -3.52. The SMILES string of the molecule is Cc1nc(C(C)(C)C)cc(Oc2ccc(F)cc2Cl)c1C(=O)Nc1ccnc(C(N)=O)c1. The molecule has 7 nitrogen and oxygen atoms in total. The van der Waals surface area contributed by atoms with Crippen molar-refractivity contribution in [1.29, 1.82) is 0 Å². The molecule has 2 aromatic heterocycles. The van der Waals surface area contributed by atoms with E-state index in [4.69, 9.17) is 22.1 Å². The van der Waals surface area contributed by atoms with Gasteiger partial charge in [-0.1, -0.05) is 32.4 Å². The van der Waals surface area contributed by atoms with Crippen molar-refractivity contribution in [3.05, 3.63) is 76.1 Å². The van der Waals surface area contributed by atoms with Crippen LogP contribution in [0, 0.1) is 12.7 Å². The van der Waals surface area contributed by atoms with E-state index in [1.165, 1.54) is 30.5 Å². The van der Waals surface area contributed by atoms with E-state index < -0.39 is 17.6 Å². The minimum atomic E-state index is -0.719. The second kappa shape index (κ2) is 8.92. The zero-order valence-electron chi connectivity index (χ0n) is 18.0. The van der Waals surface area contributed by atoms with Crippen LogP contribution >= 0.6 is 11.6 Å². The number of hydrogen-bond donors (Lipinski definition) is 2. The van der Waals surface area contributed by atoms with Gasteiger partial charge in [0.15, 0.2) is 0 Å². The Kier molecular flexibility index (Phi) is 6.45. The topological polar surface area (TPSA) is 107 Å². The predicted molar refractivity (Wildman–Crippen MR) is 120 cm³/mol. The average molecular weight is 457 g/mol. The summed E-state index contributed by atoms with van der Waals surface area (Å²) in [6.45, 7) is 7.62. The van der Waals surface area contributed by atoms with Crippen LogP contribution < -0.4 is 15.8 Å². The summed E-state index contributed by atoms with van der Waals surface area (Å²) in [4.78, 5) is 33.0. The van der Waals surface area contributed by atoms with Crippen LogP contribution in [0.4, 0.5) is 10.1 Å². The number of rotatable bonds is 5. The number of hydrogen-bond acceptors (Lipinski definition) is 5. The summed E-state index contributed by atoms with van der Waals surface area (Å²) >= 11 is 6.13. The summed E-state index contributed by atoms with van der Waals surface area (Å²) in [7, 11) is 0. The molecule has 0 radical (unpaired) electrons. The number of nitrogens with one attached hydrogen (secondary N) is 1. The Balaban J connectivity index is 2.06. The molecule has 0 saturated carbocycles. The van der Waals surface area contributed by atoms with Crippen molar-refractivity contribution < 1.29 is 18.7 Å². The Morgan fingerprint density at radius 1 is 1.12 bits per heavy atom. The number of halogens is 2. The highest BCUT2D eigenvalue weighted by atomic mass is 35.5. The first-order valence-electron chi connectivity index (χ1n) is 9.68. The molecule has 32 heavy (non-hydrogen) atoms. The minimum Gasteiger partial charge on any atom is -0.455 e.